The second kappa shape index (κ2) is 5.43. The Morgan fingerprint density at radius 2 is 2.19 bits per heavy atom. The molecule has 0 amide bonds. The molecular weight excluding hydrogens is 202 g/mol. The zero-order valence-electron chi connectivity index (χ0n) is 9.98. The Bertz CT molecular complexity index is 318. The van der Waals surface area contributed by atoms with Gasteiger partial charge >= 0.3 is 0 Å². The molecule has 1 heterocycles. The van der Waals surface area contributed by atoms with Crippen molar-refractivity contribution in [2.24, 2.45) is 11.7 Å². The summed E-state index contributed by atoms with van der Waals surface area (Å²) in [7, 11) is 0. The summed E-state index contributed by atoms with van der Waals surface area (Å²) < 4.78 is 5.23. The maximum absolute atomic E-state index is 5.57. The molecule has 4 nitrogen and oxygen atoms in total. The van der Waals surface area contributed by atoms with E-state index in [-0.39, 0.29) is 5.92 Å². The molecule has 1 aromatic rings. The van der Waals surface area contributed by atoms with Crippen LogP contribution >= 0.6 is 0 Å². The summed E-state index contributed by atoms with van der Waals surface area (Å²) in [5.74, 6) is 2.61. The molecule has 0 spiro atoms. The summed E-state index contributed by atoms with van der Waals surface area (Å²) in [4.78, 5) is 4.38. The van der Waals surface area contributed by atoms with E-state index >= 15 is 0 Å². The van der Waals surface area contributed by atoms with Crippen molar-refractivity contribution in [1.29, 1.82) is 0 Å². The van der Waals surface area contributed by atoms with Crippen molar-refractivity contribution in [1.82, 2.24) is 10.1 Å². The van der Waals surface area contributed by atoms with Crippen LogP contribution in [-0.2, 0) is 6.42 Å². The van der Waals surface area contributed by atoms with Gasteiger partial charge in [0.2, 0.25) is 5.89 Å². The monoisotopic (exact) mass is 223 g/mol. The number of nitrogens with two attached hydrogens (primary N) is 1. The van der Waals surface area contributed by atoms with E-state index in [1.165, 1.54) is 32.1 Å². The maximum Gasteiger partial charge on any atom is 0.226 e. The Morgan fingerprint density at radius 1 is 1.44 bits per heavy atom. The summed E-state index contributed by atoms with van der Waals surface area (Å²) in [5, 5.41) is 3.97. The fourth-order valence-corrected chi connectivity index (χ4v) is 2.30. The van der Waals surface area contributed by atoms with Crippen LogP contribution in [0.5, 0.6) is 0 Å². The minimum absolute atomic E-state index is 0.198. The van der Waals surface area contributed by atoms with E-state index in [4.69, 9.17) is 10.3 Å². The van der Waals surface area contributed by atoms with Gasteiger partial charge in [0, 0.05) is 18.9 Å². The van der Waals surface area contributed by atoms with Crippen molar-refractivity contribution in [3.05, 3.63) is 11.7 Å². The molecule has 1 unspecified atom stereocenters. The third kappa shape index (κ3) is 2.82. The predicted molar refractivity (Wildman–Crippen MR) is 62.0 cm³/mol. The van der Waals surface area contributed by atoms with Crippen LogP contribution in [0.15, 0.2) is 4.52 Å². The first-order valence-corrected chi connectivity index (χ1v) is 6.32. The molecule has 1 saturated carbocycles. The van der Waals surface area contributed by atoms with Gasteiger partial charge in [-0.1, -0.05) is 37.8 Å². The fraction of sp³-hybridized carbons (Fsp3) is 0.833. The van der Waals surface area contributed by atoms with Gasteiger partial charge in [-0.05, 0) is 12.3 Å². The van der Waals surface area contributed by atoms with Gasteiger partial charge in [0.15, 0.2) is 5.82 Å². The first kappa shape index (κ1) is 11.6. The topological polar surface area (TPSA) is 64.9 Å². The first-order chi connectivity index (χ1) is 7.79. The van der Waals surface area contributed by atoms with Crippen LogP contribution in [0.2, 0.25) is 0 Å². The highest BCUT2D eigenvalue weighted by atomic mass is 16.5. The highest BCUT2D eigenvalue weighted by molar-refractivity contribution is 4.94. The minimum atomic E-state index is 0.198. The second-order valence-corrected chi connectivity index (χ2v) is 4.87. The van der Waals surface area contributed by atoms with Crippen molar-refractivity contribution < 1.29 is 4.52 Å². The van der Waals surface area contributed by atoms with Crippen molar-refractivity contribution >= 4 is 0 Å². The molecule has 1 fully saturated rings. The summed E-state index contributed by atoms with van der Waals surface area (Å²) in [6.45, 7) is 2.59. The second-order valence-electron chi connectivity index (χ2n) is 4.87. The van der Waals surface area contributed by atoms with E-state index in [0.717, 1.165) is 24.1 Å². The predicted octanol–water partition coefficient (Wildman–Crippen LogP) is 2.25. The Balaban J connectivity index is 1.82. The lowest BCUT2D eigenvalue weighted by atomic mass is 10.0. The molecule has 1 aromatic heterocycles. The normalized spacial score (nSPS) is 19.1. The highest BCUT2D eigenvalue weighted by Gasteiger charge is 2.17. The van der Waals surface area contributed by atoms with Gasteiger partial charge < -0.3 is 10.3 Å². The number of hydrogen-bond acceptors (Lipinski definition) is 4. The molecule has 0 saturated heterocycles. The van der Waals surface area contributed by atoms with Crippen LogP contribution in [0.1, 0.15) is 56.7 Å². The molecular formula is C12H21N3O. The van der Waals surface area contributed by atoms with Gasteiger partial charge in [0.25, 0.3) is 0 Å². The van der Waals surface area contributed by atoms with Crippen LogP contribution in [0.3, 0.4) is 0 Å². The smallest absolute Gasteiger partial charge is 0.226 e. The molecule has 0 bridgehead atoms. The first-order valence-electron chi connectivity index (χ1n) is 6.32. The van der Waals surface area contributed by atoms with E-state index in [2.05, 4.69) is 10.1 Å². The Labute approximate surface area is 96.6 Å². The van der Waals surface area contributed by atoms with Crippen molar-refractivity contribution in [3.63, 3.8) is 0 Å². The molecule has 2 N–H and O–H groups in total. The van der Waals surface area contributed by atoms with Gasteiger partial charge in [0.1, 0.15) is 0 Å². The van der Waals surface area contributed by atoms with E-state index in [1.807, 2.05) is 6.92 Å². The average molecular weight is 223 g/mol. The Kier molecular flexibility index (Phi) is 3.93. The van der Waals surface area contributed by atoms with Gasteiger partial charge in [-0.2, -0.15) is 4.98 Å². The SMILES string of the molecule is CC(CN)c1noc(CCC2CCCC2)n1. The lowest BCUT2D eigenvalue weighted by Crippen LogP contribution is -2.10. The zero-order chi connectivity index (χ0) is 11.4. The van der Waals surface area contributed by atoms with Crippen LogP contribution in [-0.4, -0.2) is 16.7 Å². The number of nitrogens with zero attached hydrogens (tertiary/aromatic N) is 2. The van der Waals surface area contributed by atoms with Crippen LogP contribution in [0.4, 0.5) is 0 Å². The fourth-order valence-electron chi connectivity index (χ4n) is 2.30. The molecule has 90 valence electrons. The van der Waals surface area contributed by atoms with Crippen molar-refractivity contribution in [2.75, 3.05) is 6.54 Å². The molecule has 1 atom stereocenters. The molecule has 0 aromatic carbocycles. The lowest BCUT2D eigenvalue weighted by Gasteiger charge is -2.04. The van der Waals surface area contributed by atoms with Crippen molar-refractivity contribution in [2.45, 2.75) is 51.4 Å². The summed E-state index contributed by atoms with van der Waals surface area (Å²) in [6.07, 6.45) is 7.65. The molecule has 1 aliphatic carbocycles. The van der Waals surface area contributed by atoms with Crippen LogP contribution in [0.25, 0.3) is 0 Å². The number of rotatable bonds is 5. The van der Waals surface area contributed by atoms with E-state index in [1.54, 1.807) is 0 Å². The maximum atomic E-state index is 5.57. The third-order valence-electron chi connectivity index (χ3n) is 3.52. The Morgan fingerprint density at radius 3 is 2.88 bits per heavy atom. The molecule has 0 radical (unpaired) electrons. The minimum Gasteiger partial charge on any atom is -0.339 e. The van der Waals surface area contributed by atoms with Crippen molar-refractivity contribution in [3.8, 4) is 0 Å². The van der Waals surface area contributed by atoms with Gasteiger partial charge in [0.05, 0.1) is 0 Å². The third-order valence-corrected chi connectivity index (χ3v) is 3.52. The Hall–Kier alpha value is -0.900. The van der Waals surface area contributed by atoms with E-state index in [9.17, 15) is 0 Å². The number of hydrogen-bond donors (Lipinski definition) is 1. The largest absolute Gasteiger partial charge is 0.339 e. The van der Waals surface area contributed by atoms with Crippen LogP contribution in [0, 0.1) is 5.92 Å². The molecule has 2 rings (SSSR count). The van der Waals surface area contributed by atoms with E-state index < -0.39 is 0 Å². The van der Waals surface area contributed by atoms with Gasteiger partial charge in [-0.15, -0.1) is 0 Å². The van der Waals surface area contributed by atoms with Crippen LogP contribution < -0.4 is 5.73 Å². The lowest BCUT2D eigenvalue weighted by molar-refractivity contribution is 0.356. The molecule has 16 heavy (non-hydrogen) atoms. The number of aryl methyl sites for hydroxylation is 1. The van der Waals surface area contributed by atoms with E-state index in [0.29, 0.717) is 6.54 Å². The van der Waals surface area contributed by atoms with Gasteiger partial charge in [-0.3, -0.25) is 0 Å². The summed E-state index contributed by atoms with van der Waals surface area (Å²) in [6, 6.07) is 0. The molecule has 0 aliphatic heterocycles. The number of aromatic nitrogens is 2. The van der Waals surface area contributed by atoms with Gasteiger partial charge in [-0.25, -0.2) is 0 Å². The highest BCUT2D eigenvalue weighted by Crippen LogP contribution is 2.28. The average Bonchev–Trinajstić information content (AvgIpc) is 2.96. The quantitative estimate of drug-likeness (QED) is 0.831. The molecule has 1 aliphatic rings. The standard InChI is InChI=1S/C12H21N3O/c1-9(8-13)12-14-11(16-15-12)7-6-10-4-2-3-5-10/h9-10H,2-8,13H2,1H3. The molecule has 4 heteroatoms. The summed E-state index contributed by atoms with van der Waals surface area (Å²) in [5.41, 5.74) is 5.57. The zero-order valence-corrected chi connectivity index (χ0v) is 9.98. The summed E-state index contributed by atoms with van der Waals surface area (Å²) >= 11 is 0.